The summed E-state index contributed by atoms with van der Waals surface area (Å²) in [6.07, 6.45) is 5.63. The van der Waals surface area contributed by atoms with Crippen molar-refractivity contribution in [1.82, 2.24) is 18.7 Å². The predicted octanol–water partition coefficient (Wildman–Crippen LogP) is 18.7. The molecule has 0 aliphatic carbocycles. The molecule has 0 amide bonds. The molecule has 6 nitrogen and oxygen atoms in total. The summed E-state index contributed by atoms with van der Waals surface area (Å²) < 4.78 is 208. The molecule has 450 valence electrons. The number of pyridine rings is 1. The molecule has 5 heterocycles. The Hall–Kier alpha value is -11.9. The second-order valence-electron chi connectivity index (χ2n) is 24.5. The number of rotatable bonds is 10. The first-order valence-corrected chi connectivity index (χ1v) is 33.0. The highest BCUT2D eigenvalue weighted by molar-refractivity contribution is 7.20. The molecule has 95 heavy (non-hydrogen) atoms. The highest BCUT2D eigenvalue weighted by Gasteiger charge is 2.43. The number of hydrogen-bond donors (Lipinski definition) is 0. The van der Waals surface area contributed by atoms with Crippen LogP contribution in [0, 0.1) is 6.33 Å². The van der Waals surface area contributed by atoms with Gasteiger partial charge in [-0.2, -0.15) is 0 Å². The second-order valence-corrected chi connectivity index (χ2v) is 28.1. The second kappa shape index (κ2) is 22.2. The minimum absolute atomic E-state index is 0.138. The lowest BCUT2D eigenvalue weighted by Crippen LogP contribution is -2.74. The van der Waals surface area contributed by atoms with Crippen LogP contribution in [-0.2, 0) is 5.41 Å². The van der Waals surface area contributed by atoms with Gasteiger partial charge < -0.3 is 9.30 Å². The summed E-state index contributed by atoms with van der Waals surface area (Å²) >= 11 is 0. The molecule has 0 radical (unpaired) electrons. The van der Waals surface area contributed by atoms with Crippen molar-refractivity contribution in [3.63, 3.8) is 0 Å². The van der Waals surface area contributed by atoms with Crippen molar-refractivity contribution < 1.29 is 36.7 Å². The average Bonchev–Trinajstić information content (AvgIpc) is 1.65. The zero-order valence-electron chi connectivity index (χ0n) is 71.3. The van der Waals surface area contributed by atoms with Crippen LogP contribution in [0.1, 0.15) is 53.7 Å². The van der Waals surface area contributed by atoms with E-state index >= 15 is 0 Å². The number of nitrogens with zero attached hydrogens (tertiary/aromatic N) is 5. The van der Waals surface area contributed by atoms with E-state index in [-0.39, 0.29) is 32.8 Å². The Morgan fingerprint density at radius 3 is 1.61 bits per heavy atom. The van der Waals surface area contributed by atoms with E-state index in [1.165, 1.54) is 0 Å². The number of benzene rings is 13. The van der Waals surface area contributed by atoms with Crippen LogP contribution < -0.4 is 30.1 Å². The summed E-state index contributed by atoms with van der Waals surface area (Å²) in [6, 6.07) is 45.2. The fourth-order valence-electron chi connectivity index (χ4n) is 14.2. The normalized spacial score (nSPS) is 15.1. The highest BCUT2D eigenvalue weighted by Crippen LogP contribution is 2.49. The van der Waals surface area contributed by atoms with Crippen molar-refractivity contribution in [2.75, 3.05) is 0 Å². The molecule has 0 bridgehead atoms. The number of imidazole rings is 1. The fraction of sp³-hybridized carbons (Fsp3) is 0.0455. The van der Waals surface area contributed by atoms with E-state index in [2.05, 4.69) is 48.4 Å². The highest BCUT2D eigenvalue weighted by atomic mass is 28.3. The van der Waals surface area contributed by atoms with Gasteiger partial charge in [-0.1, -0.05) is 269 Å². The average molecular weight is 1250 g/mol. The monoisotopic (exact) mass is 1250 g/mol. The smallest absolute Gasteiger partial charge is 0.269 e. The summed E-state index contributed by atoms with van der Waals surface area (Å²) in [5.41, 5.74) is 8.13. The minimum Gasteiger partial charge on any atom is -0.458 e. The number of fused-ring (bicyclic) bond motifs is 13. The Bertz CT molecular complexity index is 6830. The molecule has 4 aromatic heterocycles. The first-order valence-electron chi connectivity index (χ1n) is 41.0. The maximum Gasteiger partial charge on any atom is 0.269 e. The number of aromatic nitrogens is 5. The van der Waals surface area contributed by atoms with E-state index in [1.54, 1.807) is 83.6 Å². The van der Waals surface area contributed by atoms with Crippen LogP contribution in [0.3, 0.4) is 0 Å². The number of para-hydroxylation sites is 4. The Balaban J connectivity index is 1.04. The topological polar surface area (TPSA) is 40.8 Å². The van der Waals surface area contributed by atoms with Crippen molar-refractivity contribution in [3.8, 4) is 78.9 Å². The Morgan fingerprint density at radius 1 is 0.421 bits per heavy atom. The third-order valence-corrected chi connectivity index (χ3v) is 22.4. The van der Waals surface area contributed by atoms with Gasteiger partial charge in [0.05, 0.1) is 77.6 Å². The van der Waals surface area contributed by atoms with Crippen LogP contribution >= 0.6 is 0 Å². The summed E-state index contributed by atoms with van der Waals surface area (Å²) in [5, 5.41) is 1.35. The molecular weight excluding hydrogens is 1170 g/mol. The first-order chi connectivity index (χ1) is 55.1. The minimum atomic E-state index is -6.01. The molecule has 0 spiro atoms. The lowest BCUT2D eigenvalue weighted by Gasteiger charge is -2.35. The molecule has 0 atom stereocenters. The zero-order valence-corrected chi connectivity index (χ0v) is 52.3. The van der Waals surface area contributed by atoms with Gasteiger partial charge in [-0.3, -0.25) is 13.7 Å². The van der Waals surface area contributed by atoms with Gasteiger partial charge in [0, 0.05) is 33.8 Å². The van der Waals surface area contributed by atoms with Gasteiger partial charge in [0.1, 0.15) is 17.3 Å². The molecule has 13 aromatic carbocycles. The fourth-order valence-corrected chi connectivity index (χ4v) is 18.0. The molecule has 1 aliphatic heterocycles. The Labute approximate surface area is 580 Å². The molecule has 17 aromatic rings. The van der Waals surface area contributed by atoms with Gasteiger partial charge in [-0.25, -0.2) is 4.98 Å². The summed E-state index contributed by atoms with van der Waals surface area (Å²) in [7, 11) is -6.01. The lowest BCUT2D eigenvalue weighted by molar-refractivity contribution is -0.571. The predicted molar refractivity (Wildman–Crippen MR) is 394 cm³/mol. The Morgan fingerprint density at radius 2 is 0.958 bits per heavy atom. The SMILES string of the molecule is [2H]c1c([2H])c([2H])c(-c2cccc3c2-c2ccccc2-c2cc([Si](c4c([2H])c([2H])c([2H])c([2H])c4[2H])(c4c([2H])c([2H])c([2H])c([2H])c4[2H])c4c([2H])c([2H])c([2H])c([2H])c4[2H])cc4c2[n+]([c-]n4-c2cccc(Oc4ccc5c6ccccc6n(-c6cc(C(C)(C)C)ccn6)c5c4)c2)-c2c-3cccc2-n2c3ccccc3c3ccccc32)c([2H])c1[2H]. The van der Waals surface area contributed by atoms with Crippen LogP contribution in [0.4, 0.5) is 0 Å². The van der Waals surface area contributed by atoms with Gasteiger partial charge in [0.25, 0.3) is 6.33 Å². The third kappa shape index (κ3) is 8.91. The molecule has 0 unspecified atom stereocenters. The van der Waals surface area contributed by atoms with E-state index in [0.717, 1.165) is 49.2 Å². The summed E-state index contributed by atoms with van der Waals surface area (Å²) in [5.74, 6) is 1.43. The van der Waals surface area contributed by atoms with Gasteiger partial charge in [0.2, 0.25) is 0 Å². The van der Waals surface area contributed by atoms with E-state index in [4.69, 9.17) is 17.9 Å². The molecular formula is C88H63N5OSi. The van der Waals surface area contributed by atoms with E-state index in [0.29, 0.717) is 67.7 Å². The van der Waals surface area contributed by atoms with Gasteiger partial charge >= 0.3 is 0 Å². The van der Waals surface area contributed by atoms with Crippen molar-refractivity contribution in [3.05, 3.63) is 339 Å². The molecule has 7 heteroatoms. The van der Waals surface area contributed by atoms with Crippen LogP contribution in [0.5, 0.6) is 11.5 Å². The van der Waals surface area contributed by atoms with Gasteiger partial charge in [-0.15, -0.1) is 0 Å². The Kier molecular flexibility index (Phi) is 9.06. The standard InChI is InChI=1S/C88H63N5OSi/c1-88(2,3)60-51-52-89-84(53-60)93-80-47-23-20-40-72(80)73-50-49-63(55-82(73)93)94-62-30-24-29-61(54-62)90-58-91-86-76(44-26-48-81(86)92-78-45-21-18-38-70(78)71-39-19-22-46-79(71)92)75-43-25-42-68(59-27-8-4-9-28-59)85(75)74-41-17-16-37-69(74)77-56-67(57-83(90)87(77)91)95(64-31-10-5-11-32-64,65-33-12-6-13-34-65)66-35-14-7-15-36-66/h4-57H,1-3H3/i4D,5D,6D,7D,8D,9D,10D,11D,12D,13D,14D,15D,27D,28D,31D,32D,33D,34D,35D,36D. The van der Waals surface area contributed by atoms with E-state index < -0.39 is 144 Å². The summed E-state index contributed by atoms with van der Waals surface area (Å²) in [6.45, 7) is 6.43. The van der Waals surface area contributed by atoms with Crippen molar-refractivity contribution in [1.29, 1.82) is 0 Å². The number of hydrogen-bond acceptors (Lipinski definition) is 2. The van der Waals surface area contributed by atoms with Crippen LogP contribution in [0.15, 0.2) is 327 Å². The van der Waals surface area contributed by atoms with Crippen molar-refractivity contribution >= 4 is 83.5 Å². The zero-order chi connectivity index (χ0) is 80.8. The lowest BCUT2D eigenvalue weighted by atomic mass is 9.84. The van der Waals surface area contributed by atoms with E-state index in [1.807, 2.05) is 120 Å². The van der Waals surface area contributed by atoms with Crippen LogP contribution in [0.2, 0.25) is 0 Å². The third-order valence-electron chi connectivity index (χ3n) is 18.3. The molecule has 0 N–H and O–H groups in total. The number of ether oxygens (including phenoxy) is 1. The quantitative estimate of drug-likeness (QED) is 0.0593. The largest absolute Gasteiger partial charge is 0.458 e. The van der Waals surface area contributed by atoms with Crippen molar-refractivity contribution in [2.45, 2.75) is 26.2 Å². The molecule has 0 fully saturated rings. The first kappa shape index (κ1) is 38.8. The molecule has 18 rings (SSSR count). The summed E-state index contributed by atoms with van der Waals surface area (Å²) in [4.78, 5) is 4.92. The maximum absolute atomic E-state index is 10.3. The molecule has 0 saturated carbocycles. The van der Waals surface area contributed by atoms with Crippen LogP contribution in [0.25, 0.3) is 122 Å². The van der Waals surface area contributed by atoms with E-state index in [9.17, 15) is 19.2 Å². The van der Waals surface area contributed by atoms with Crippen LogP contribution in [-0.4, -0.2) is 26.8 Å². The molecule has 0 saturated heterocycles. The van der Waals surface area contributed by atoms with Crippen molar-refractivity contribution in [2.24, 2.45) is 0 Å². The maximum atomic E-state index is 10.3. The molecule has 1 aliphatic rings. The van der Waals surface area contributed by atoms with Gasteiger partial charge in [0.15, 0.2) is 8.07 Å². The van der Waals surface area contributed by atoms with Gasteiger partial charge in [-0.05, 0) is 143 Å².